The van der Waals surface area contributed by atoms with E-state index in [1.165, 1.54) is 4.31 Å². The van der Waals surface area contributed by atoms with Crippen LogP contribution in [0.3, 0.4) is 0 Å². The van der Waals surface area contributed by atoms with Crippen LogP contribution in [0.5, 0.6) is 0 Å². The molecule has 30 heavy (non-hydrogen) atoms. The van der Waals surface area contributed by atoms with Gasteiger partial charge in [-0.15, -0.1) is 0 Å². The molecule has 7 nitrogen and oxygen atoms in total. The van der Waals surface area contributed by atoms with Crippen LogP contribution in [0, 0.1) is 6.92 Å². The Labute approximate surface area is 180 Å². The van der Waals surface area contributed by atoms with Crippen LogP contribution in [0.1, 0.15) is 35.4 Å². The van der Waals surface area contributed by atoms with Gasteiger partial charge in [-0.2, -0.15) is 4.98 Å². The average molecular weight is 442 g/mol. The number of nitrogens with one attached hydrogen (secondary N) is 1. The first-order valence-electron chi connectivity index (χ1n) is 9.77. The zero-order valence-electron chi connectivity index (χ0n) is 16.3. The van der Waals surface area contributed by atoms with Crippen LogP contribution in [0.25, 0.3) is 0 Å². The Morgan fingerprint density at radius 3 is 2.43 bits per heavy atom. The topological polar surface area (TPSA) is 88.1 Å². The minimum Gasteiger partial charge on any atom is -0.367 e. The number of aryl methyl sites for hydroxylation is 1. The molecule has 1 saturated carbocycles. The largest absolute Gasteiger partial charge is 0.367 e. The lowest BCUT2D eigenvalue weighted by atomic mass is 9.95. The fourth-order valence-electron chi connectivity index (χ4n) is 3.73. The van der Waals surface area contributed by atoms with E-state index < -0.39 is 10.0 Å². The lowest BCUT2D eigenvalue weighted by molar-refractivity contribution is 0.591. The van der Waals surface area contributed by atoms with Gasteiger partial charge in [0.2, 0.25) is 5.28 Å². The molecule has 0 radical (unpaired) electrons. The smallest absolute Gasteiger partial charge is 0.265 e. The van der Waals surface area contributed by atoms with Crippen molar-refractivity contribution < 1.29 is 8.42 Å². The van der Waals surface area contributed by atoms with Gasteiger partial charge in [-0.3, -0.25) is 4.98 Å². The van der Waals surface area contributed by atoms with Gasteiger partial charge in [-0.1, -0.05) is 17.7 Å². The monoisotopic (exact) mass is 441 g/mol. The predicted octanol–water partition coefficient (Wildman–Crippen LogP) is 3.75. The number of sulfonamides is 1. The number of hydrogen-bond acceptors (Lipinski definition) is 6. The van der Waals surface area contributed by atoms with E-state index in [0.717, 1.165) is 29.5 Å². The molecule has 0 spiro atoms. The van der Waals surface area contributed by atoms with Crippen molar-refractivity contribution in [3.05, 3.63) is 70.8 Å². The predicted molar refractivity (Wildman–Crippen MR) is 115 cm³/mol. The second kappa shape index (κ2) is 7.21. The van der Waals surface area contributed by atoms with Gasteiger partial charge in [-0.25, -0.2) is 17.7 Å². The highest BCUT2D eigenvalue weighted by molar-refractivity contribution is 7.92. The van der Waals surface area contributed by atoms with Crippen molar-refractivity contribution in [1.29, 1.82) is 0 Å². The van der Waals surface area contributed by atoms with Gasteiger partial charge < -0.3 is 5.32 Å². The van der Waals surface area contributed by atoms with E-state index in [2.05, 4.69) is 20.3 Å². The molecule has 1 N–H and O–H groups in total. The van der Waals surface area contributed by atoms with E-state index >= 15 is 0 Å². The molecule has 1 aromatic carbocycles. The van der Waals surface area contributed by atoms with Crippen molar-refractivity contribution in [2.45, 2.75) is 36.6 Å². The summed E-state index contributed by atoms with van der Waals surface area (Å²) in [5, 5.41) is 3.43. The van der Waals surface area contributed by atoms with Crippen LogP contribution in [0.15, 0.2) is 53.7 Å². The third-order valence-electron chi connectivity index (χ3n) is 5.47. The van der Waals surface area contributed by atoms with Crippen molar-refractivity contribution in [1.82, 2.24) is 15.0 Å². The standard InChI is InChI=1S/C21H20ClN5O2S/c1-13-2-6-16(7-3-13)30(28,29)27-12-17(14-8-10-23-11-9-14)18-19(24-15-4-5-15)25-21(22)26-20(18)27/h2-3,6-11,15,17H,4-5,12H2,1H3,(H,24,25,26). The Balaban J connectivity index is 1.66. The lowest BCUT2D eigenvalue weighted by Crippen LogP contribution is -2.30. The molecule has 3 heterocycles. The molecule has 1 aliphatic carbocycles. The molecule has 154 valence electrons. The van der Waals surface area contributed by atoms with Crippen molar-refractivity contribution in [3.63, 3.8) is 0 Å². The lowest BCUT2D eigenvalue weighted by Gasteiger charge is -2.19. The molecule has 1 atom stereocenters. The van der Waals surface area contributed by atoms with E-state index in [1.807, 2.05) is 19.1 Å². The third-order valence-corrected chi connectivity index (χ3v) is 7.41. The van der Waals surface area contributed by atoms with E-state index in [9.17, 15) is 8.42 Å². The van der Waals surface area contributed by atoms with Gasteiger partial charge in [0, 0.05) is 36.5 Å². The van der Waals surface area contributed by atoms with E-state index in [1.54, 1.807) is 36.7 Å². The average Bonchev–Trinajstić information content (AvgIpc) is 3.46. The first-order chi connectivity index (χ1) is 14.4. The number of anilines is 2. The molecule has 2 aliphatic rings. The normalized spacial score (nSPS) is 18.3. The van der Waals surface area contributed by atoms with Gasteiger partial charge in [0.05, 0.1) is 4.90 Å². The van der Waals surface area contributed by atoms with Crippen LogP contribution in [-0.4, -0.2) is 36.0 Å². The van der Waals surface area contributed by atoms with Gasteiger partial charge in [0.1, 0.15) is 5.82 Å². The number of aromatic nitrogens is 3. The van der Waals surface area contributed by atoms with Crippen molar-refractivity contribution in [2.75, 3.05) is 16.2 Å². The van der Waals surface area contributed by atoms with Gasteiger partial charge in [0.15, 0.2) is 5.82 Å². The number of halogens is 1. The molecule has 3 aromatic rings. The zero-order valence-corrected chi connectivity index (χ0v) is 17.9. The van der Waals surface area contributed by atoms with Crippen LogP contribution in [0.4, 0.5) is 11.6 Å². The maximum absolute atomic E-state index is 13.5. The minimum absolute atomic E-state index is 0.0244. The summed E-state index contributed by atoms with van der Waals surface area (Å²) in [6.45, 7) is 2.15. The van der Waals surface area contributed by atoms with Gasteiger partial charge in [-0.05, 0) is 61.2 Å². The van der Waals surface area contributed by atoms with Crippen LogP contribution >= 0.6 is 11.6 Å². The highest BCUT2D eigenvalue weighted by Crippen LogP contribution is 2.46. The molecule has 9 heteroatoms. The fraction of sp³-hybridized carbons (Fsp3) is 0.286. The van der Waals surface area contributed by atoms with E-state index in [0.29, 0.717) is 17.7 Å². The molecule has 5 rings (SSSR count). The molecule has 1 fully saturated rings. The molecule has 1 unspecified atom stereocenters. The van der Waals surface area contributed by atoms with Gasteiger partial charge >= 0.3 is 0 Å². The summed E-state index contributed by atoms with van der Waals surface area (Å²) in [7, 11) is -3.82. The second-order valence-corrected chi connectivity index (χ2v) is 9.88. The Morgan fingerprint density at radius 1 is 1.07 bits per heavy atom. The number of rotatable bonds is 5. The van der Waals surface area contributed by atoms with Crippen LogP contribution in [0.2, 0.25) is 5.28 Å². The Hall–Kier alpha value is -2.71. The summed E-state index contributed by atoms with van der Waals surface area (Å²) in [5.74, 6) is 0.721. The first-order valence-corrected chi connectivity index (χ1v) is 11.6. The summed E-state index contributed by atoms with van der Waals surface area (Å²) in [6, 6.07) is 10.9. The van der Waals surface area contributed by atoms with Crippen LogP contribution < -0.4 is 9.62 Å². The molecular formula is C21H20ClN5O2S. The fourth-order valence-corrected chi connectivity index (χ4v) is 5.35. The number of hydrogen-bond donors (Lipinski definition) is 1. The molecule has 0 bridgehead atoms. The van der Waals surface area contributed by atoms with Crippen molar-refractivity contribution >= 4 is 33.3 Å². The third kappa shape index (κ3) is 3.40. The summed E-state index contributed by atoms with van der Waals surface area (Å²) < 4.78 is 28.4. The van der Waals surface area contributed by atoms with E-state index in [-0.39, 0.29) is 22.6 Å². The summed E-state index contributed by atoms with van der Waals surface area (Å²) in [5.41, 5.74) is 2.71. The van der Waals surface area contributed by atoms with Crippen molar-refractivity contribution in [3.8, 4) is 0 Å². The molecule has 2 aromatic heterocycles. The summed E-state index contributed by atoms with van der Waals surface area (Å²) in [4.78, 5) is 13.1. The number of pyridine rings is 1. The summed E-state index contributed by atoms with van der Waals surface area (Å²) in [6.07, 6.45) is 5.53. The molecule has 0 amide bonds. The molecule has 0 saturated heterocycles. The Bertz CT molecular complexity index is 1200. The molecule has 1 aliphatic heterocycles. The summed E-state index contributed by atoms with van der Waals surface area (Å²) >= 11 is 6.21. The quantitative estimate of drug-likeness (QED) is 0.606. The number of fused-ring (bicyclic) bond motifs is 1. The van der Waals surface area contributed by atoms with Gasteiger partial charge in [0.25, 0.3) is 10.0 Å². The van der Waals surface area contributed by atoms with Crippen LogP contribution in [-0.2, 0) is 10.0 Å². The maximum Gasteiger partial charge on any atom is 0.265 e. The highest BCUT2D eigenvalue weighted by atomic mass is 35.5. The minimum atomic E-state index is -3.82. The molecular weight excluding hydrogens is 422 g/mol. The highest BCUT2D eigenvalue weighted by Gasteiger charge is 2.42. The SMILES string of the molecule is Cc1ccc(S(=O)(=O)N2CC(c3ccncc3)c3c(NC4CC4)nc(Cl)nc32)cc1. The van der Waals surface area contributed by atoms with Crippen molar-refractivity contribution in [2.24, 2.45) is 0 Å². The number of benzene rings is 1. The van der Waals surface area contributed by atoms with E-state index in [4.69, 9.17) is 11.6 Å². The second-order valence-electron chi connectivity index (χ2n) is 7.68. The first kappa shape index (κ1) is 19.3. The number of nitrogens with zero attached hydrogens (tertiary/aromatic N) is 4. The Kier molecular flexibility index (Phi) is 4.63. The maximum atomic E-state index is 13.5. The Morgan fingerprint density at radius 2 is 1.77 bits per heavy atom. The zero-order chi connectivity index (χ0) is 20.9.